The number of nitrogens with one attached hydrogen (secondary N) is 13. The molecule has 0 spiro atoms. The van der Waals surface area contributed by atoms with Crippen LogP contribution in [-0.4, -0.2) is 199 Å². The van der Waals surface area contributed by atoms with E-state index in [2.05, 4.69) is 68.1 Å². The first-order valence-electron chi connectivity index (χ1n) is 35.8. The Morgan fingerprint density at radius 3 is 1.44 bits per heavy atom. The number of primary amides is 2. The van der Waals surface area contributed by atoms with Crippen LogP contribution in [0.5, 0.6) is 0 Å². The summed E-state index contributed by atoms with van der Waals surface area (Å²) in [6.07, 6.45) is 3.93. The summed E-state index contributed by atoms with van der Waals surface area (Å²) in [6, 6.07) is 13.8. The van der Waals surface area contributed by atoms with Crippen LogP contribution in [0.25, 0.3) is 32.7 Å². The second-order valence-corrected chi connectivity index (χ2v) is 27.0. The molecule has 33 nitrogen and oxygen atoms in total. The van der Waals surface area contributed by atoms with Crippen molar-refractivity contribution in [2.24, 2.45) is 23.1 Å². The second kappa shape index (κ2) is 38.8. The van der Waals surface area contributed by atoms with E-state index in [0.717, 1.165) is 6.92 Å². The molecule has 8 rings (SSSR count). The summed E-state index contributed by atoms with van der Waals surface area (Å²) in [4.78, 5) is 205. The number of likely N-dealkylation sites (tertiary alicyclic amines) is 1. The van der Waals surface area contributed by atoms with Gasteiger partial charge in [0.15, 0.2) is 0 Å². The standard InChI is InChI=1S/C75H95N17O16/c1-5-40(2)64(74(107)89-55(30-43-18-7-6-8-19-43)68(101)85-54(65(78)98)35-63(96)97)91-66(99)41(3)82-73(106)61-27-17-29-92(61)75(108)59(33-46-38-81-52-25-14-11-22-49(46)52)90-70(103)57(32-45-37-80-51-24-13-10-21-48(45)51)86-67(100)53(26-15-16-28-76)84-69(102)56(31-44-36-79-50-23-12-9-20-47(44)50)87-71(104)58(34-62(77)95)88-72(105)60(39-93)83-42(4)94/h6-14,18-25,36-38,40-41,53-61,64,79-81,93H,5,15-17,26-35,39,76H2,1-4H3,(H2,77,95)(H2,78,98)(H,82,106)(H,83,94)(H,84,102)(H,85,101)(H,86,100)(H,87,104)(H,88,105)(H,89,107)(H,90,103)(H,91,99)(H,96,97)/t40-,41+,53-,54-,55-,56-,57-,58-,59-,60-,61-,64-/m0/s1. The molecule has 3 aromatic heterocycles. The molecule has 21 N–H and O–H groups in total. The fraction of sp³-hybridized carbons (Fsp3) is 0.413. The van der Waals surface area contributed by atoms with Crippen molar-refractivity contribution < 1.29 is 77.3 Å². The molecule has 1 fully saturated rings. The monoisotopic (exact) mass is 1490 g/mol. The minimum Gasteiger partial charge on any atom is -0.481 e. The van der Waals surface area contributed by atoms with Crippen LogP contribution in [0.1, 0.15) is 101 Å². The third-order valence-electron chi connectivity index (χ3n) is 19.0. The molecule has 13 amide bonds. The van der Waals surface area contributed by atoms with E-state index in [1.807, 2.05) is 24.3 Å². The highest BCUT2D eigenvalue weighted by Gasteiger charge is 2.42. The van der Waals surface area contributed by atoms with Crippen molar-refractivity contribution in [1.29, 1.82) is 0 Å². The Bertz CT molecular complexity index is 4400. The number of nitrogens with two attached hydrogens (primary N) is 3. The van der Waals surface area contributed by atoms with E-state index in [1.54, 1.807) is 111 Å². The molecule has 576 valence electrons. The highest BCUT2D eigenvalue weighted by Crippen LogP contribution is 2.26. The molecule has 4 aromatic carbocycles. The number of amides is 13. The number of hydrogen-bond donors (Lipinski definition) is 18. The number of H-pyrrole nitrogens is 3. The average Bonchev–Trinajstić information content (AvgIpc) is 1.62. The van der Waals surface area contributed by atoms with Gasteiger partial charge in [-0.2, -0.15) is 0 Å². The van der Waals surface area contributed by atoms with Crippen LogP contribution < -0.4 is 70.4 Å². The van der Waals surface area contributed by atoms with Gasteiger partial charge in [0, 0.05) is 90.5 Å². The summed E-state index contributed by atoms with van der Waals surface area (Å²) < 4.78 is 0. The van der Waals surface area contributed by atoms with E-state index in [1.165, 1.54) is 11.8 Å². The highest BCUT2D eigenvalue weighted by atomic mass is 16.4. The van der Waals surface area contributed by atoms with Gasteiger partial charge in [-0.15, -0.1) is 0 Å². The van der Waals surface area contributed by atoms with E-state index in [0.29, 0.717) is 74.2 Å². The van der Waals surface area contributed by atoms with Gasteiger partial charge in [-0.05, 0) is 91.9 Å². The van der Waals surface area contributed by atoms with Gasteiger partial charge in [0.2, 0.25) is 76.8 Å². The topological polar surface area (TPSA) is 528 Å². The number of benzene rings is 4. The highest BCUT2D eigenvalue weighted by molar-refractivity contribution is 6.01. The smallest absolute Gasteiger partial charge is 0.305 e. The Balaban J connectivity index is 1.05. The molecule has 108 heavy (non-hydrogen) atoms. The van der Waals surface area contributed by atoms with Crippen LogP contribution in [-0.2, 0) is 92.8 Å². The zero-order valence-corrected chi connectivity index (χ0v) is 60.4. The molecule has 1 saturated heterocycles. The lowest BCUT2D eigenvalue weighted by Crippen LogP contribution is -2.61. The number of fused-ring (bicyclic) bond motifs is 3. The minimum atomic E-state index is -1.75. The first-order chi connectivity index (χ1) is 51.7. The Hall–Kier alpha value is -12.0. The number of rotatable bonds is 40. The number of carbonyl (C=O) groups is 14. The lowest BCUT2D eigenvalue weighted by molar-refractivity contribution is -0.142. The maximum absolute atomic E-state index is 15.6. The van der Waals surface area contributed by atoms with E-state index in [9.17, 15) is 58.2 Å². The number of carbonyl (C=O) groups excluding carboxylic acids is 13. The lowest BCUT2D eigenvalue weighted by Gasteiger charge is -2.31. The van der Waals surface area contributed by atoms with Crippen LogP contribution >= 0.6 is 0 Å². The summed E-state index contributed by atoms with van der Waals surface area (Å²) in [5.74, 6) is -13.7. The summed E-state index contributed by atoms with van der Waals surface area (Å²) >= 11 is 0. The lowest BCUT2D eigenvalue weighted by atomic mass is 9.96. The molecule has 4 heterocycles. The fourth-order valence-corrected chi connectivity index (χ4v) is 13.0. The number of unbranched alkanes of at least 4 members (excludes halogenated alkanes) is 1. The second-order valence-electron chi connectivity index (χ2n) is 27.0. The van der Waals surface area contributed by atoms with Gasteiger partial charge < -0.3 is 100 Å². The van der Waals surface area contributed by atoms with Gasteiger partial charge in [-0.3, -0.25) is 67.1 Å². The SMILES string of the molecule is CC[C@H](C)[C@H](NC(=O)[C@@H](C)NC(=O)[C@@H]1CCCN1C(=O)[C@H](Cc1c[nH]c2ccccc12)NC(=O)[C@H](Cc1c[nH]c2ccccc12)NC(=O)[C@H](CCCCN)NC(=O)[C@H](Cc1c[nH]c2ccccc12)NC(=O)[C@H](CC(N)=O)NC(=O)[C@H](CO)NC(C)=O)C(=O)N[C@@H](Cc1ccccc1)C(=O)N[C@@H](CC(=O)O)C(N)=O. The van der Waals surface area contributed by atoms with Gasteiger partial charge in [0.05, 0.1) is 19.4 Å². The molecule has 1 aliphatic rings. The zero-order valence-electron chi connectivity index (χ0n) is 60.4. The number of nitrogens with zero attached hydrogens (tertiary/aromatic N) is 1. The molecule has 0 bridgehead atoms. The Kier molecular flexibility index (Phi) is 29.4. The number of hydrogen-bond acceptors (Lipinski definition) is 16. The van der Waals surface area contributed by atoms with Crippen molar-refractivity contribution in [3.8, 4) is 0 Å². The van der Waals surface area contributed by atoms with Crippen LogP contribution in [0.15, 0.2) is 122 Å². The molecular weight excluding hydrogens is 1390 g/mol. The zero-order chi connectivity index (χ0) is 78.3. The number of aliphatic hydroxyl groups excluding tert-OH is 1. The molecule has 7 aromatic rings. The van der Waals surface area contributed by atoms with Crippen LogP contribution in [0, 0.1) is 5.92 Å². The maximum atomic E-state index is 15.6. The number of aromatic nitrogens is 3. The van der Waals surface area contributed by atoms with Crippen molar-refractivity contribution in [3.63, 3.8) is 0 Å². The predicted octanol–water partition coefficient (Wildman–Crippen LogP) is -0.717. The average molecular weight is 1490 g/mol. The minimum absolute atomic E-state index is 0.0207. The van der Waals surface area contributed by atoms with Crippen molar-refractivity contribution >= 4 is 115 Å². The first kappa shape index (κ1) is 81.7. The van der Waals surface area contributed by atoms with E-state index >= 15 is 19.2 Å². The number of aromatic amines is 3. The molecule has 0 saturated carbocycles. The summed E-state index contributed by atoms with van der Waals surface area (Å²) in [7, 11) is 0. The molecule has 0 unspecified atom stereocenters. The Morgan fingerprint density at radius 2 is 0.944 bits per heavy atom. The Labute approximate surface area is 621 Å². The quantitative estimate of drug-likeness (QED) is 0.0211. The van der Waals surface area contributed by atoms with Gasteiger partial charge in [0.25, 0.3) is 0 Å². The largest absolute Gasteiger partial charge is 0.481 e. The van der Waals surface area contributed by atoms with Crippen molar-refractivity contribution in [1.82, 2.24) is 73.0 Å². The maximum Gasteiger partial charge on any atom is 0.305 e. The number of aliphatic hydroxyl groups is 1. The molecule has 1 aliphatic heterocycles. The van der Waals surface area contributed by atoms with E-state index in [-0.39, 0.29) is 58.0 Å². The number of carboxylic acids is 1. The van der Waals surface area contributed by atoms with Crippen LogP contribution in [0.4, 0.5) is 0 Å². The molecule has 0 radical (unpaired) electrons. The van der Waals surface area contributed by atoms with E-state index in [4.69, 9.17) is 17.2 Å². The van der Waals surface area contributed by atoms with Gasteiger partial charge in [-0.1, -0.05) is 105 Å². The predicted molar refractivity (Wildman–Crippen MR) is 396 cm³/mol. The van der Waals surface area contributed by atoms with Crippen molar-refractivity contribution in [3.05, 3.63) is 144 Å². The number of para-hydroxylation sites is 3. The van der Waals surface area contributed by atoms with Gasteiger partial charge in [-0.25, -0.2) is 0 Å². The first-order valence-corrected chi connectivity index (χ1v) is 35.8. The third-order valence-corrected chi connectivity index (χ3v) is 19.0. The fourth-order valence-electron chi connectivity index (χ4n) is 13.0. The summed E-state index contributed by atoms with van der Waals surface area (Å²) in [5, 5.41) is 47.5. The van der Waals surface area contributed by atoms with Gasteiger partial charge in [0.1, 0.15) is 66.5 Å². The Morgan fingerprint density at radius 1 is 0.500 bits per heavy atom. The summed E-state index contributed by atoms with van der Waals surface area (Å²) in [5.41, 5.74) is 21.2. The molecule has 12 atom stereocenters. The number of aliphatic carboxylic acids is 1. The number of carboxylic acid groups (broad SMARTS) is 1. The van der Waals surface area contributed by atoms with E-state index < -0.39 is 175 Å². The van der Waals surface area contributed by atoms with Crippen LogP contribution in [0.2, 0.25) is 0 Å². The molecule has 0 aliphatic carbocycles. The molecular formula is C75H95N17O16. The van der Waals surface area contributed by atoms with Gasteiger partial charge >= 0.3 is 5.97 Å². The summed E-state index contributed by atoms with van der Waals surface area (Å²) in [6.45, 7) is 5.22. The van der Waals surface area contributed by atoms with Crippen molar-refractivity contribution in [2.45, 2.75) is 171 Å². The van der Waals surface area contributed by atoms with Crippen molar-refractivity contribution in [2.75, 3.05) is 19.7 Å². The molecule has 33 heteroatoms. The van der Waals surface area contributed by atoms with Crippen LogP contribution in [0.3, 0.4) is 0 Å². The third kappa shape index (κ3) is 22.3. The normalized spacial score (nSPS) is 15.8.